The number of benzene rings is 1. The number of nitrogens with zero attached hydrogens (tertiary/aromatic N) is 1. The van der Waals surface area contributed by atoms with Gasteiger partial charge in [0.25, 0.3) is 0 Å². The van der Waals surface area contributed by atoms with E-state index in [-0.39, 0.29) is 29.0 Å². The van der Waals surface area contributed by atoms with Gasteiger partial charge in [0, 0.05) is 17.4 Å². The van der Waals surface area contributed by atoms with E-state index in [1.807, 2.05) is 0 Å². The lowest BCUT2D eigenvalue weighted by Gasteiger charge is -2.09. The summed E-state index contributed by atoms with van der Waals surface area (Å²) in [6.45, 7) is 1.71. The number of H-pyrrole nitrogens is 1. The highest BCUT2D eigenvalue weighted by atomic mass is 32.2. The van der Waals surface area contributed by atoms with Gasteiger partial charge in [0.15, 0.2) is 11.5 Å². The molecule has 1 aromatic heterocycles. The molecular formula is C16H15N3O6S. The van der Waals surface area contributed by atoms with Crippen LogP contribution in [-0.4, -0.2) is 41.5 Å². The average Bonchev–Trinajstić information content (AvgIpc) is 3.06. The van der Waals surface area contributed by atoms with E-state index >= 15 is 0 Å². The predicted octanol–water partition coefficient (Wildman–Crippen LogP) is 1.32. The maximum Gasteiger partial charge on any atom is 0.346 e. The number of aromatic nitrogens is 2. The van der Waals surface area contributed by atoms with Gasteiger partial charge < -0.3 is 24.5 Å². The number of aromatic amines is 1. The fourth-order valence-corrected chi connectivity index (χ4v) is 3.18. The van der Waals surface area contributed by atoms with Crippen LogP contribution in [0.5, 0.6) is 11.5 Å². The average molecular weight is 377 g/mol. The highest BCUT2D eigenvalue weighted by molar-refractivity contribution is 8.00. The summed E-state index contributed by atoms with van der Waals surface area (Å²) >= 11 is 0.972. The Labute approximate surface area is 152 Å². The third-order valence-electron chi connectivity index (χ3n) is 3.47. The summed E-state index contributed by atoms with van der Waals surface area (Å²) in [6.07, 6.45) is 0. The maximum absolute atomic E-state index is 12.2. The molecule has 0 bridgehead atoms. The summed E-state index contributed by atoms with van der Waals surface area (Å²) in [5.74, 6) is 0.155. The number of fused-ring (bicyclic) bond motifs is 1. The van der Waals surface area contributed by atoms with Crippen molar-refractivity contribution in [3.05, 3.63) is 39.9 Å². The van der Waals surface area contributed by atoms with Crippen LogP contribution in [0.1, 0.15) is 16.1 Å². The molecule has 0 fully saturated rings. The van der Waals surface area contributed by atoms with Gasteiger partial charge in [0.1, 0.15) is 10.6 Å². The fraction of sp³-hybridized carbons (Fsp3) is 0.250. The molecule has 136 valence electrons. The molecule has 0 saturated carbocycles. The number of aryl methyl sites for hydroxylation is 1. The summed E-state index contributed by atoms with van der Waals surface area (Å²) in [6, 6.07) is 5.04. The van der Waals surface area contributed by atoms with E-state index in [1.54, 1.807) is 25.1 Å². The highest BCUT2D eigenvalue weighted by Gasteiger charge is 2.20. The molecule has 1 aliphatic heterocycles. The number of methoxy groups -OCH3 is 1. The molecule has 1 aliphatic rings. The third-order valence-corrected chi connectivity index (χ3v) is 4.45. The smallest absolute Gasteiger partial charge is 0.346 e. The van der Waals surface area contributed by atoms with Gasteiger partial charge in [0.05, 0.1) is 12.9 Å². The zero-order chi connectivity index (χ0) is 18.7. The number of anilines is 1. The molecular weight excluding hydrogens is 362 g/mol. The highest BCUT2D eigenvalue weighted by Crippen LogP contribution is 2.34. The molecule has 1 amide bonds. The Morgan fingerprint density at radius 1 is 1.35 bits per heavy atom. The van der Waals surface area contributed by atoms with E-state index in [0.717, 1.165) is 11.8 Å². The number of thioether (sulfide) groups is 1. The van der Waals surface area contributed by atoms with Crippen molar-refractivity contribution < 1.29 is 23.8 Å². The van der Waals surface area contributed by atoms with Gasteiger partial charge >= 0.3 is 11.7 Å². The first-order valence-electron chi connectivity index (χ1n) is 7.49. The summed E-state index contributed by atoms with van der Waals surface area (Å²) in [5, 5.41) is 2.85. The Balaban J connectivity index is 1.70. The van der Waals surface area contributed by atoms with Crippen molar-refractivity contribution in [3.63, 3.8) is 0 Å². The van der Waals surface area contributed by atoms with Crippen LogP contribution in [0, 0.1) is 6.92 Å². The second kappa shape index (κ2) is 7.48. The Kier molecular flexibility index (Phi) is 5.12. The topological polar surface area (TPSA) is 120 Å². The van der Waals surface area contributed by atoms with Crippen molar-refractivity contribution in [1.29, 1.82) is 0 Å². The number of hydrogen-bond donors (Lipinski definition) is 2. The van der Waals surface area contributed by atoms with E-state index in [4.69, 9.17) is 14.2 Å². The predicted molar refractivity (Wildman–Crippen MR) is 92.9 cm³/mol. The molecule has 9 nitrogen and oxygen atoms in total. The van der Waals surface area contributed by atoms with Gasteiger partial charge in [-0.1, -0.05) is 11.8 Å². The quantitative estimate of drug-likeness (QED) is 0.455. The van der Waals surface area contributed by atoms with E-state index in [9.17, 15) is 14.4 Å². The van der Waals surface area contributed by atoms with Crippen LogP contribution in [0.2, 0.25) is 0 Å². The minimum Gasteiger partial charge on any atom is -0.465 e. The molecule has 0 saturated heterocycles. The van der Waals surface area contributed by atoms with E-state index in [2.05, 4.69) is 15.3 Å². The third kappa shape index (κ3) is 3.80. The molecule has 26 heavy (non-hydrogen) atoms. The first kappa shape index (κ1) is 17.8. The monoisotopic (exact) mass is 377 g/mol. The lowest BCUT2D eigenvalue weighted by molar-refractivity contribution is -0.113. The molecule has 0 unspecified atom stereocenters. The Bertz CT molecular complexity index is 927. The standard InChI is InChI=1S/C16H15N3O6S/c1-8-13(15(21)23-2)14(19-16(22)17-8)26-6-12(20)18-9-3-4-10-11(5-9)25-7-24-10/h3-5H,6-7H2,1-2H3,(H,18,20)(H,17,19,22). The number of ether oxygens (including phenoxy) is 3. The van der Waals surface area contributed by atoms with Gasteiger partial charge in [-0.2, -0.15) is 4.98 Å². The van der Waals surface area contributed by atoms with E-state index in [0.29, 0.717) is 22.9 Å². The molecule has 0 aliphatic carbocycles. The molecule has 0 atom stereocenters. The molecule has 10 heteroatoms. The number of rotatable bonds is 5. The fourth-order valence-electron chi connectivity index (χ4n) is 2.31. The summed E-state index contributed by atoms with van der Waals surface area (Å²) < 4.78 is 15.2. The van der Waals surface area contributed by atoms with Gasteiger partial charge in [-0.15, -0.1) is 0 Å². The van der Waals surface area contributed by atoms with Crippen molar-refractivity contribution in [2.45, 2.75) is 11.9 Å². The van der Waals surface area contributed by atoms with Crippen molar-refractivity contribution >= 4 is 29.3 Å². The Morgan fingerprint density at radius 2 is 2.12 bits per heavy atom. The van der Waals surface area contributed by atoms with Crippen LogP contribution in [0.3, 0.4) is 0 Å². The van der Waals surface area contributed by atoms with E-state index < -0.39 is 11.7 Å². The summed E-state index contributed by atoms with van der Waals surface area (Å²) in [4.78, 5) is 41.8. The second-order valence-electron chi connectivity index (χ2n) is 5.24. The number of carbonyl (C=O) groups excluding carboxylic acids is 2. The lowest BCUT2D eigenvalue weighted by Crippen LogP contribution is -2.20. The lowest BCUT2D eigenvalue weighted by atomic mass is 10.2. The maximum atomic E-state index is 12.2. The zero-order valence-corrected chi connectivity index (χ0v) is 14.8. The summed E-state index contributed by atoms with van der Waals surface area (Å²) in [7, 11) is 1.23. The first-order chi connectivity index (χ1) is 12.5. The Hall–Kier alpha value is -3.01. The van der Waals surface area contributed by atoms with Crippen molar-refractivity contribution in [2.75, 3.05) is 25.0 Å². The van der Waals surface area contributed by atoms with Crippen molar-refractivity contribution in [1.82, 2.24) is 9.97 Å². The van der Waals surface area contributed by atoms with Crippen molar-refractivity contribution in [3.8, 4) is 11.5 Å². The van der Waals surface area contributed by atoms with Crippen LogP contribution in [-0.2, 0) is 9.53 Å². The number of esters is 1. The molecule has 2 heterocycles. The molecule has 3 rings (SSSR count). The van der Waals surface area contributed by atoms with Crippen LogP contribution in [0.4, 0.5) is 5.69 Å². The van der Waals surface area contributed by atoms with Gasteiger partial charge in [-0.05, 0) is 19.1 Å². The van der Waals surface area contributed by atoms with Gasteiger partial charge in [-0.3, -0.25) is 4.79 Å². The molecule has 2 N–H and O–H groups in total. The molecule has 0 radical (unpaired) electrons. The molecule has 0 spiro atoms. The number of hydrogen-bond acceptors (Lipinski definition) is 8. The van der Waals surface area contributed by atoms with Crippen LogP contribution in [0.25, 0.3) is 0 Å². The SMILES string of the molecule is COC(=O)c1c(SCC(=O)Nc2ccc3c(c2)OCO3)nc(=O)[nH]c1C. The largest absolute Gasteiger partial charge is 0.465 e. The minimum atomic E-state index is -0.634. The van der Waals surface area contributed by atoms with Gasteiger partial charge in [0.2, 0.25) is 12.7 Å². The molecule has 1 aromatic carbocycles. The number of carbonyl (C=O) groups is 2. The Morgan fingerprint density at radius 3 is 2.88 bits per heavy atom. The first-order valence-corrected chi connectivity index (χ1v) is 8.48. The molecule has 2 aromatic rings. The number of amides is 1. The van der Waals surface area contributed by atoms with Gasteiger partial charge in [-0.25, -0.2) is 9.59 Å². The number of nitrogens with one attached hydrogen (secondary N) is 2. The zero-order valence-electron chi connectivity index (χ0n) is 14.0. The van der Waals surface area contributed by atoms with Crippen LogP contribution in [0.15, 0.2) is 28.0 Å². The minimum absolute atomic E-state index is 0.0473. The normalized spacial score (nSPS) is 11.9. The summed E-state index contributed by atoms with van der Waals surface area (Å²) in [5.41, 5.74) is 0.403. The van der Waals surface area contributed by atoms with Crippen molar-refractivity contribution in [2.24, 2.45) is 0 Å². The van der Waals surface area contributed by atoms with Crippen LogP contribution >= 0.6 is 11.8 Å². The van der Waals surface area contributed by atoms with E-state index in [1.165, 1.54) is 7.11 Å². The second-order valence-corrected chi connectivity index (χ2v) is 6.21. The van der Waals surface area contributed by atoms with Crippen LogP contribution < -0.4 is 20.5 Å².